The fourth-order valence-electron chi connectivity index (χ4n) is 2.22. The van der Waals surface area contributed by atoms with Gasteiger partial charge in [0.15, 0.2) is 4.90 Å². The van der Waals surface area contributed by atoms with E-state index in [9.17, 15) is 18.5 Å². The van der Waals surface area contributed by atoms with Crippen LogP contribution in [0.3, 0.4) is 0 Å². The van der Waals surface area contributed by atoms with Crippen LogP contribution in [0.5, 0.6) is 0 Å². The van der Waals surface area contributed by atoms with Gasteiger partial charge in [-0.05, 0) is 25.0 Å². The van der Waals surface area contributed by atoms with Crippen molar-refractivity contribution in [1.29, 1.82) is 0 Å². The molecular weight excluding hydrogens is 270 g/mol. The molecule has 8 heteroatoms. The molecule has 0 atom stereocenters. The van der Waals surface area contributed by atoms with Gasteiger partial charge in [-0.3, -0.25) is 10.1 Å². The number of benzene rings is 1. The Kier molecular flexibility index (Phi) is 3.72. The predicted molar refractivity (Wildman–Crippen MR) is 70.1 cm³/mol. The Hall–Kier alpha value is -1.67. The fourth-order valence-corrected chi connectivity index (χ4v) is 3.73. The van der Waals surface area contributed by atoms with E-state index in [0.717, 1.165) is 37.8 Å². The van der Waals surface area contributed by atoms with Crippen molar-refractivity contribution < 1.29 is 13.3 Å². The van der Waals surface area contributed by atoms with E-state index in [2.05, 4.69) is 4.72 Å². The molecule has 1 aromatic carbocycles. The highest BCUT2D eigenvalue weighted by molar-refractivity contribution is 7.89. The molecule has 1 aromatic rings. The maximum atomic E-state index is 12.2. The number of rotatable bonds is 4. The van der Waals surface area contributed by atoms with Crippen molar-refractivity contribution in [3.63, 3.8) is 0 Å². The number of hydrogen-bond acceptors (Lipinski definition) is 5. The van der Waals surface area contributed by atoms with Crippen LogP contribution in [-0.2, 0) is 10.0 Å². The maximum absolute atomic E-state index is 12.2. The van der Waals surface area contributed by atoms with Crippen LogP contribution in [0.4, 0.5) is 11.4 Å². The Morgan fingerprint density at radius 3 is 2.53 bits per heavy atom. The summed E-state index contributed by atoms with van der Waals surface area (Å²) in [5.74, 6) is 0. The van der Waals surface area contributed by atoms with Crippen molar-refractivity contribution in [1.82, 2.24) is 4.72 Å². The van der Waals surface area contributed by atoms with Gasteiger partial charge in [-0.15, -0.1) is 0 Å². The molecule has 19 heavy (non-hydrogen) atoms. The van der Waals surface area contributed by atoms with Crippen LogP contribution in [0.15, 0.2) is 23.1 Å². The summed E-state index contributed by atoms with van der Waals surface area (Å²) < 4.78 is 26.9. The molecule has 1 aliphatic carbocycles. The molecule has 0 radical (unpaired) electrons. The first kappa shape index (κ1) is 13.8. The first-order valence-corrected chi connectivity index (χ1v) is 7.45. The standard InChI is InChI=1S/C11H15N3O4S/c12-8-5-6-10(14(15)16)11(7-8)19(17,18)13-9-3-1-2-4-9/h5-7,9,13H,1-4,12H2. The number of nitro benzene ring substituents is 1. The van der Waals surface area contributed by atoms with Gasteiger partial charge in [0.1, 0.15) is 0 Å². The van der Waals surface area contributed by atoms with Crippen LogP contribution in [0.1, 0.15) is 25.7 Å². The molecule has 0 saturated heterocycles. The Bertz CT molecular complexity index is 594. The number of nitrogens with one attached hydrogen (secondary N) is 1. The number of sulfonamides is 1. The van der Waals surface area contributed by atoms with Gasteiger partial charge in [-0.25, -0.2) is 13.1 Å². The molecule has 0 bridgehead atoms. The maximum Gasteiger partial charge on any atom is 0.289 e. The average molecular weight is 285 g/mol. The van der Waals surface area contributed by atoms with Gasteiger partial charge in [-0.1, -0.05) is 12.8 Å². The summed E-state index contributed by atoms with van der Waals surface area (Å²) in [6, 6.07) is 3.40. The summed E-state index contributed by atoms with van der Waals surface area (Å²) in [5, 5.41) is 10.9. The lowest BCUT2D eigenvalue weighted by Gasteiger charge is -2.12. The number of nitrogens with two attached hydrogens (primary N) is 1. The molecule has 0 unspecified atom stereocenters. The van der Waals surface area contributed by atoms with E-state index in [0.29, 0.717) is 0 Å². The lowest BCUT2D eigenvalue weighted by atomic mass is 10.3. The molecule has 0 aromatic heterocycles. The Labute approximate surface area is 111 Å². The van der Waals surface area contributed by atoms with Crippen LogP contribution in [-0.4, -0.2) is 19.4 Å². The SMILES string of the molecule is Nc1ccc([N+](=O)[O-])c(S(=O)(=O)NC2CCCC2)c1. The molecule has 1 saturated carbocycles. The molecule has 0 heterocycles. The Morgan fingerprint density at radius 2 is 1.95 bits per heavy atom. The quantitative estimate of drug-likeness (QED) is 0.493. The number of anilines is 1. The highest BCUT2D eigenvalue weighted by Gasteiger charge is 2.29. The lowest BCUT2D eigenvalue weighted by Crippen LogP contribution is -2.33. The number of nitrogens with zero attached hydrogens (tertiary/aromatic N) is 1. The molecule has 1 fully saturated rings. The van der Waals surface area contributed by atoms with E-state index < -0.39 is 20.6 Å². The second-order valence-electron chi connectivity index (χ2n) is 4.59. The second kappa shape index (κ2) is 5.14. The Balaban J connectivity index is 2.38. The normalized spacial score (nSPS) is 16.6. The van der Waals surface area contributed by atoms with Crippen LogP contribution in [0.25, 0.3) is 0 Å². The molecule has 0 aliphatic heterocycles. The van der Waals surface area contributed by atoms with Crippen molar-refractivity contribution in [3.8, 4) is 0 Å². The average Bonchev–Trinajstić information content (AvgIpc) is 2.80. The van der Waals surface area contributed by atoms with Crippen LogP contribution in [0, 0.1) is 10.1 Å². The van der Waals surface area contributed by atoms with Gasteiger partial charge >= 0.3 is 0 Å². The van der Waals surface area contributed by atoms with Crippen LogP contribution in [0.2, 0.25) is 0 Å². The molecule has 3 N–H and O–H groups in total. The van der Waals surface area contributed by atoms with E-state index in [1.165, 1.54) is 6.07 Å². The third kappa shape index (κ3) is 3.02. The van der Waals surface area contributed by atoms with Crippen molar-refractivity contribution in [2.75, 3.05) is 5.73 Å². The van der Waals surface area contributed by atoms with Crippen molar-refractivity contribution in [2.45, 2.75) is 36.6 Å². The van der Waals surface area contributed by atoms with Crippen molar-refractivity contribution in [2.24, 2.45) is 0 Å². The van der Waals surface area contributed by atoms with Gasteiger partial charge in [0.2, 0.25) is 10.0 Å². The van der Waals surface area contributed by atoms with Crippen LogP contribution >= 0.6 is 0 Å². The molecule has 0 spiro atoms. The van der Waals surface area contributed by atoms with Gasteiger partial charge in [0.05, 0.1) is 4.92 Å². The summed E-state index contributed by atoms with van der Waals surface area (Å²) in [4.78, 5) is 9.80. The molecule has 0 amide bonds. The molecular formula is C11H15N3O4S. The topological polar surface area (TPSA) is 115 Å². The summed E-state index contributed by atoms with van der Waals surface area (Å²) >= 11 is 0. The lowest BCUT2D eigenvalue weighted by molar-refractivity contribution is -0.387. The fraction of sp³-hybridized carbons (Fsp3) is 0.455. The Morgan fingerprint density at radius 1 is 1.32 bits per heavy atom. The monoisotopic (exact) mass is 285 g/mol. The summed E-state index contributed by atoms with van der Waals surface area (Å²) in [7, 11) is -3.91. The zero-order valence-electron chi connectivity index (χ0n) is 10.2. The highest BCUT2D eigenvalue weighted by atomic mass is 32.2. The first-order valence-electron chi connectivity index (χ1n) is 5.96. The predicted octanol–water partition coefficient (Wildman–Crippen LogP) is 1.40. The summed E-state index contributed by atoms with van der Waals surface area (Å²) in [5.41, 5.74) is 5.24. The van der Waals surface area contributed by atoms with Crippen LogP contribution < -0.4 is 10.5 Å². The van der Waals surface area contributed by atoms with Gasteiger partial charge in [0.25, 0.3) is 5.69 Å². The minimum Gasteiger partial charge on any atom is -0.399 e. The van der Waals surface area contributed by atoms with Gasteiger partial charge in [0, 0.05) is 17.8 Å². The largest absolute Gasteiger partial charge is 0.399 e. The second-order valence-corrected chi connectivity index (χ2v) is 6.27. The third-order valence-electron chi connectivity index (χ3n) is 3.15. The zero-order chi connectivity index (χ0) is 14.0. The highest BCUT2D eigenvalue weighted by Crippen LogP contribution is 2.27. The zero-order valence-corrected chi connectivity index (χ0v) is 11.0. The van der Waals surface area contributed by atoms with E-state index in [-0.39, 0.29) is 16.6 Å². The van der Waals surface area contributed by atoms with E-state index in [4.69, 9.17) is 5.73 Å². The van der Waals surface area contributed by atoms with Crippen molar-refractivity contribution >= 4 is 21.4 Å². The number of hydrogen-bond donors (Lipinski definition) is 2. The van der Waals surface area contributed by atoms with E-state index >= 15 is 0 Å². The minimum atomic E-state index is -3.91. The minimum absolute atomic E-state index is 0.147. The van der Waals surface area contributed by atoms with Gasteiger partial charge < -0.3 is 5.73 Å². The first-order chi connectivity index (χ1) is 8.90. The smallest absolute Gasteiger partial charge is 0.289 e. The van der Waals surface area contributed by atoms with E-state index in [1.54, 1.807) is 0 Å². The van der Waals surface area contributed by atoms with Crippen molar-refractivity contribution in [3.05, 3.63) is 28.3 Å². The third-order valence-corrected chi connectivity index (χ3v) is 4.70. The molecule has 104 valence electrons. The molecule has 1 aliphatic rings. The summed E-state index contributed by atoms with van der Waals surface area (Å²) in [6.07, 6.45) is 3.45. The molecule has 7 nitrogen and oxygen atoms in total. The number of nitro groups is 1. The summed E-state index contributed by atoms with van der Waals surface area (Å²) in [6.45, 7) is 0. The number of nitrogen functional groups attached to an aromatic ring is 1. The van der Waals surface area contributed by atoms with E-state index in [1.807, 2.05) is 0 Å². The van der Waals surface area contributed by atoms with Gasteiger partial charge in [-0.2, -0.15) is 0 Å². The molecule has 2 rings (SSSR count).